The number of hydrogen-bond acceptors (Lipinski definition) is 2. The lowest BCUT2D eigenvalue weighted by Crippen LogP contribution is -2.26. The fourth-order valence-electron chi connectivity index (χ4n) is 2.67. The van der Waals surface area contributed by atoms with Crippen LogP contribution >= 0.6 is 0 Å². The average molecular weight is 244 g/mol. The molecule has 2 fully saturated rings. The first-order valence-corrected chi connectivity index (χ1v) is 6.46. The van der Waals surface area contributed by atoms with Gasteiger partial charge >= 0.3 is 0 Å². The summed E-state index contributed by atoms with van der Waals surface area (Å²) in [6.45, 7) is 1.58. The second-order valence-electron chi connectivity index (χ2n) is 4.82. The molecule has 0 unspecified atom stereocenters. The van der Waals surface area contributed by atoms with Crippen LogP contribution in [0.25, 0.3) is 0 Å². The fraction of sp³-hybridized carbons (Fsp3) is 0.429. The summed E-state index contributed by atoms with van der Waals surface area (Å²) in [4.78, 5) is 27.1. The van der Waals surface area contributed by atoms with Crippen LogP contribution in [0.1, 0.15) is 25.7 Å². The van der Waals surface area contributed by atoms with Gasteiger partial charge in [-0.25, -0.2) is 0 Å². The minimum atomic E-state index is 0.180. The molecule has 3 rings (SSSR count). The molecule has 0 saturated carbocycles. The van der Waals surface area contributed by atoms with Gasteiger partial charge in [0.05, 0.1) is 0 Å². The van der Waals surface area contributed by atoms with Crippen molar-refractivity contribution >= 4 is 23.2 Å². The van der Waals surface area contributed by atoms with E-state index in [0.717, 1.165) is 37.3 Å². The molecule has 0 bridgehead atoms. The summed E-state index contributed by atoms with van der Waals surface area (Å²) >= 11 is 0. The molecule has 0 N–H and O–H groups in total. The Kier molecular flexibility index (Phi) is 2.78. The Morgan fingerprint density at radius 2 is 1.33 bits per heavy atom. The number of amides is 2. The molecule has 2 aliphatic rings. The van der Waals surface area contributed by atoms with Crippen LogP contribution < -0.4 is 9.80 Å². The average Bonchev–Trinajstić information content (AvgIpc) is 2.98. The Bertz CT molecular complexity index is 457. The van der Waals surface area contributed by atoms with E-state index >= 15 is 0 Å². The van der Waals surface area contributed by atoms with Gasteiger partial charge in [-0.3, -0.25) is 9.59 Å². The van der Waals surface area contributed by atoms with Crippen LogP contribution in [0.4, 0.5) is 11.4 Å². The van der Waals surface area contributed by atoms with Crippen molar-refractivity contribution in [2.45, 2.75) is 25.7 Å². The lowest BCUT2D eigenvalue weighted by molar-refractivity contribution is -0.117. The molecule has 2 aliphatic heterocycles. The summed E-state index contributed by atoms with van der Waals surface area (Å²) in [6, 6.07) is 7.74. The highest BCUT2D eigenvalue weighted by atomic mass is 16.2. The van der Waals surface area contributed by atoms with Gasteiger partial charge in [-0.15, -0.1) is 0 Å². The number of nitrogens with zero attached hydrogens (tertiary/aromatic N) is 2. The lowest BCUT2D eigenvalue weighted by Gasteiger charge is -2.20. The van der Waals surface area contributed by atoms with E-state index < -0.39 is 0 Å². The van der Waals surface area contributed by atoms with E-state index in [0.29, 0.717) is 12.8 Å². The molecule has 0 spiro atoms. The van der Waals surface area contributed by atoms with Gasteiger partial charge in [0.2, 0.25) is 11.8 Å². The monoisotopic (exact) mass is 244 g/mol. The largest absolute Gasteiger partial charge is 0.312 e. The van der Waals surface area contributed by atoms with Crippen LogP contribution in [0, 0.1) is 0 Å². The van der Waals surface area contributed by atoms with Crippen LogP contribution in [0.2, 0.25) is 0 Å². The Morgan fingerprint density at radius 1 is 0.833 bits per heavy atom. The molecule has 2 saturated heterocycles. The number of anilines is 2. The molecule has 1 aromatic carbocycles. The molecule has 0 aromatic heterocycles. The molecular weight excluding hydrogens is 228 g/mol. The molecule has 0 radical (unpaired) electrons. The topological polar surface area (TPSA) is 40.6 Å². The van der Waals surface area contributed by atoms with E-state index in [4.69, 9.17) is 0 Å². The molecule has 18 heavy (non-hydrogen) atoms. The highest BCUT2D eigenvalue weighted by molar-refractivity contribution is 5.98. The second-order valence-corrected chi connectivity index (χ2v) is 4.82. The molecule has 1 aromatic rings. The van der Waals surface area contributed by atoms with Gasteiger partial charge in [0.1, 0.15) is 0 Å². The van der Waals surface area contributed by atoms with Gasteiger partial charge in [-0.05, 0) is 31.0 Å². The maximum Gasteiger partial charge on any atom is 0.227 e. The Hall–Kier alpha value is -1.84. The summed E-state index contributed by atoms with van der Waals surface area (Å²) in [5, 5.41) is 0. The summed E-state index contributed by atoms with van der Waals surface area (Å²) in [6.07, 6.45) is 3.11. The first-order valence-electron chi connectivity index (χ1n) is 6.46. The number of carbonyl (C=O) groups is 2. The predicted octanol–water partition coefficient (Wildman–Crippen LogP) is 1.94. The van der Waals surface area contributed by atoms with Crippen molar-refractivity contribution < 1.29 is 9.59 Å². The van der Waals surface area contributed by atoms with E-state index in [-0.39, 0.29) is 11.8 Å². The number of rotatable bonds is 2. The maximum atomic E-state index is 11.7. The minimum Gasteiger partial charge on any atom is -0.312 e. The quantitative estimate of drug-likeness (QED) is 0.797. The third-order valence-electron chi connectivity index (χ3n) is 3.60. The zero-order chi connectivity index (χ0) is 12.5. The van der Waals surface area contributed by atoms with Crippen LogP contribution in [0.15, 0.2) is 24.3 Å². The Morgan fingerprint density at radius 3 is 1.72 bits per heavy atom. The summed E-state index contributed by atoms with van der Waals surface area (Å²) in [7, 11) is 0. The number of hydrogen-bond donors (Lipinski definition) is 0. The minimum absolute atomic E-state index is 0.180. The summed E-state index contributed by atoms with van der Waals surface area (Å²) in [5.74, 6) is 0.361. The van der Waals surface area contributed by atoms with Crippen LogP contribution in [0.5, 0.6) is 0 Å². The SMILES string of the molecule is O=C1CCCN1c1cccc(N2CCCC2=O)c1. The predicted molar refractivity (Wildman–Crippen MR) is 69.6 cm³/mol. The highest BCUT2D eigenvalue weighted by Crippen LogP contribution is 2.28. The molecule has 4 heteroatoms. The van der Waals surface area contributed by atoms with Crippen LogP contribution in [-0.2, 0) is 9.59 Å². The summed E-state index contributed by atoms with van der Waals surface area (Å²) < 4.78 is 0. The van der Waals surface area contributed by atoms with Crippen LogP contribution in [-0.4, -0.2) is 24.9 Å². The van der Waals surface area contributed by atoms with E-state index in [1.54, 1.807) is 0 Å². The van der Waals surface area contributed by atoms with Gasteiger partial charge in [-0.1, -0.05) is 6.07 Å². The van der Waals surface area contributed by atoms with E-state index in [1.165, 1.54) is 0 Å². The summed E-state index contributed by atoms with van der Waals surface area (Å²) in [5.41, 5.74) is 1.82. The standard InChI is InChI=1S/C14H16N2O2/c17-13-6-2-8-15(13)11-4-1-5-12(10-11)16-9-3-7-14(16)18/h1,4-5,10H,2-3,6-9H2. The molecule has 2 heterocycles. The van der Waals surface area contributed by atoms with Crippen molar-refractivity contribution in [2.24, 2.45) is 0 Å². The first-order chi connectivity index (χ1) is 8.75. The third-order valence-corrected chi connectivity index (χ3v) is 3.60. The lowest BCUT2D eigenvalue weighted by atomic mass is 10.2. The third kappa shape index (κ3) is 1.88. The van der Waals surface area contributed by atoms with Gasteiger partial charge in [0.25, 0.3) is 0 Å². The van der Waals surface area contributed by atoms with Crippen molar-refractivity contribution in [2.75, 3.05) is 22.9 Å². The normalized spacial score (nSPS) is 20.0. The van der Waals surface area contributed by atoms with E-state index in [9.17, 15) is 9.59 Å². The zero-order valence-electron chi connectivity index (χ0n) is 10.3. The van der Waals surface area contributed by atoms with Crippen molar-refractivity contribution in [1.29, 1.82) is 0 Å². The molecular formula is C14H16N2O2. The molecule has 0 aliphatic carbocycles. The first kappa shape index (κ1) is 11.3. The van der Waals surface area contributed by atoms with Gasteiger partial charge in [-0.2, -0.15) is 0 Å². The number of benzene rings is 1. The highest BCUT2D eigenvalue weighted by Gasteiger charge is 2.25. The molecule has 94 valence electrons. The van der Waals surface area contributed by atoms with E-state index in [1.807, 2.05) is 34.1 Å². The van der Waals surface area contributed by atoms with Gasteiger partial charge < -0.3 is 9.80 Å². The smallest absolute Gasteiger partial charge is 0.227 e. The maximum absolute atomic E-state index is 11.7. The molecule has 0 atom stereocenters. The second kappa shape index (κ2) is 4.44. The van der Waals surface area contributed by atoms with Crippen molar-refractivity contribution in [3.05, 3.63) is 24.3 Å². The fourth-order valence-corrected chi connectivity index (χ4v) is 2.67. The van der Waals surface area contributed by atoms with Gasteiger partial charge in [0, 0.05) is 37.3 Å². The Labute approximate surface area is 106 Å². The Balaban J connectivity index is 1.89. The molecule has 2 amide bonds. The van der Waals surface area contributed by atoms with Gasteiger partial charge in [0.15, 0.2) is 0 Å². The molecule has 4 nitrogen and oxygen atoms in total. The van der Waals surface area contributed by atoms with E-state index in [2.05, 4.69) is 0 Å². The van der Waals surface area contributed by atoms with Crippen molar-refractivity contribution in [1.82, 2.24) is 0 Å². The van der Waals surface area contributed by atoms with Crippen LogP contribution in [0.3, 0.4) is 0 Å². The van der Waals surface area contributed by atoms with Crippen molar-refractivity contribution in [3.63, 3.8) is 0 Å². The number of carbonyl (C=O) groups excluding carboxylic acids is 2. The van der Waals surface area contributed by atoms with Crippen molar-refractivity contribution in [3.8, 4) is 0 Å². The zero-order valence-corrected chi connectivity index (χ0v) is 10.3.